The number of aliphatic hydroxyl groups is 1. The minimum Gasteiger partial charge on any atom is -0.507 e. The summed E-state index contributed by atoms with van der Waals surface area (Å²) in [6, 6.07) is 11.2. The van der Waals surface area contributed by atoms with Crippen molar-refractivity contribution in [3.8, 4) is 11.5 Å². The van der Waals surface area contributed by atoms with Gasteiger partial charge in [-0.2, -0.15) is 0 Å². The number of aromatic nitrogens is 1. The molecule has 10 heteroatoms. The summed E-state index contributed by atoms with van der Waals surface area (Å²) in [5.74, 6) is -1.44. The molecular formula is C25H22N2O8. The Balaban J connectivity index is 1.91. The van der Waals surface area contributed by atoms with Crippen molar-refractivity contribution in [2.24, 2.45) is 0 Å². The Bertz CT molecular complexity index is 1340. The molecule has 1 aromatic heterocycles. The van der Waals surface area contributed by atoms with Crippen molar-refractivity contribution in [2.75, 3.05) is 26.2 Å². The molecule has 3 aromatic rings. The number of Topliss-reactive ketones (excluding diaryl/α,β-unsaturated/α-hetero) is 1. The van der Waals surface area contributed by atoms with Gasteiger partial charge in [0.15, 0.2) is 17.3 Å². The minimum absolute atomic E-state index is 0.109. The summed E-state index contributed by atoms with van der Waals surface area (Å²) in [5.41, 5.74) is 0.826. The topological polar surface area (TPSA) is 128 Å². The first-order valence-corrected chi connectivity index (χ1v) is 10.5. The molecule has 180 valence electrons. The van der Waals surface area contributed by atoms with E-state index in [1.807, 2.05) is 0 Å². The highest BCUT2D eigenvalue weighted by atomic mass is 16.5. The maximum absolute atomic E-state index is 13.2. The maximum Gasteiger partial charge on any atom is 0.337 e. The van der Waals surface area contributed by atoms with Gasteiger partial charge in [0.1, 0.15) is 11.5 Å². The summed E-state index contributed by atoms with van der Waals surface area (Å²) < 4.78 is 20.4. The number of hydrogen-bond acceptors (Lipinski definition) is 9. The number of methoxy groups -OCH3 is 3. The molecule has 0 saturated carbocycles. The molecule has 1 N–H and O–H groups in total. The number of anilines is 1. The first-order chi connectivity index (χ1) is 16.8. The molecule has 0 unspecified atom stereocenters. The summed E-state index contributed by atoms with van der Waals surface area (Å²) in [7, 11) is 4.18. The molecule has 1 aliphatic heterocycles. The van der Waals surface area contributed by atoms with E-state index in [2.05, 4.69) is 5.16 Å². The lowest BCUT2D eigenvalue weighted by Gasteiger charge is -2.23. The minimum atomic E-state index is -1.04. The lowest BCUT2D eigenvalue weighted by molar-refractivity contribution is -0.132. The third-order valence-electron chi connectivity index (χ3n) is 5.61. The Morgan fingerprint density at radius 1 is 0.971 bits per heavy atom. The average Bonchev–Trinajstić information content (AvgIpc) is 3.42. The van der Waals surface area contributed by atoms with E-state index in [4.69, 9.17) is 18.7 Å². The van der Waals surface area contributed by atoms with Crippen LogP contribution in [0.25, 0.3) is 5.76 Å². The second kappa shape index (κ2) is 9.34. The van der Waals surface area contributed by atoms with E-state index >= 15 is 0 Å². The molecule has 1 atom stereocenters. The normalized spacial score (nSPS) is 16.9. The summed E-state index contributed by atoms with van der Waals surface area (Å²) in [6.45, 7) is 1.65. The predicted molar refractivity (Wildman–Crippen MR) is 123 cm³/mol. The number of carbonyl (C=O) groups excluding carboxylic acids is 3. The number of ketones is 1. The van der Waals surface area contributed by atoms with E-state index in [0.717, 1.165) is 4.90 Å². The van der Waals surface area contributed by atoms with Gasteiger partial charge in [0, 0.05) is 11.6 Å². The zero-order valence-corrected chi connectivity index (χ0v) is 19.4. The van der Waals surface area contributed by atoms with Crippen molar-refractivity contribution in [1.29, 1.82) is 0 Å². The van der Waals surface area contributed by atoms with Crippen LogP contribution < -0.4 is 14.4 Å². The fourth-order valence-electron chi connectivity index (χ4n) is 3.91. The smallest absolute Gasteiger partial charge is 0.337 e. The monoisotopic (exact) mass is 478 g/mol. The average molecular weight is 478 g/mol. The fourth-order valence-corrected chi connectivity index (χ4v) is 3.91. The van der Waals surface area contributed by atoms with Crippen molar-refractivity contribution < 1.29 is 38.2 Å². The van der Waals surface area contributed by atoms with Gasteiger partial charge in [-0.15, -0.1) is 0 Å². The number of ether oxygens (including phenoxy) is 3. The molecule has 0 bridgehead atoms. The first-order valence-electron chi connectivity index (χ1n) is 10.5. The number of benzene rings is 2. The van der Waals surface area contributed by atoms with Crippen LogP contribution in [-0.4, -0.2) is 49.3 Å². The molecule has 1 saturated heterocycles. The highest BCUT2D eigenvalue weighted by Gasteiger charge is 2.48. The number of rotatable bonds is 6. The van der Waals surface area contributed by atoms with Crippen molar-refractivity contribution in [2.45, 2.75) is 13.0 Å². The molecule has 10 nitrogen and oxygen atoms in total. The highest BCUT2D eigenvalue weighted by Crippen LogP contribution is 2.42. The van der Waals surface area contributed by atoms with Gasteiger partial charge < -0.3 is 23.8 Å². The summed E-state index contributed by atoms with van der Waals surface area (Å²) >= 11 is 0. The van der Waals surface area contributed by atoms with Gasteiger partial charge in [0.05, 0.1) is 38.5 Å². The summed E-state index contributed by atoms with van der Waals surface area (Å²) in [4.78, 5) is 39.3. The Morgan fingerprint density at radius 3 is 2.20 bits per heavy atom. The lowest BCUT2D eigenvalue weighted by Crippen LogP contribution is -2.29. The zero-order chi connectivity index (χ0) is 25.3. The van der Waals surface area contributed by atoms with Gasteiger partial charge >= 0.3 is 11.9 Å². The summed E-state index contributed by atoms with van der Waals surface area (Å²) in [5, 5.41) is 15.1. The largest absolute Gasteiger partial charge is 0.507 e. The number of hydrogen-bond donors (Lipinski definition) is 1. The number of amides is 1. The number of nitrogens with zero attached hydrogens (tertiary/aromatic N) is 2. The van der Waals surface area contributed by atoms with Crippen molar-refractivity contribution >= 4 is 29.2 Å². The SMILES string of the molecule is COC(=O)c1ccc([C@H]2C(=C(O)c3ccc(OC)c(OC)c3)C(=O)C(=O)N2c2cc(C)on2)cc1. The number of carbonyl (C=O) groups is 3. The van der Waals surface area contributed by atoms with Crippen LogP contribution in [-0.2, 0) is 14.3 Å². The standard InChI is InChI=1S/C25H22N2O8/c1-13-11-19(26-35-13)27-21(14-5-7-15(8-6-14)25(31)34-4)20(23(29)24(27)30)22(28)16-9-10-17(32-2)18(12-16)33-3/h5-12,21,28H,1-4H3/t21-/m0/s1. The Kier molecular flexibility index (Phi) is 6.28. The Labute approximate surface area is 200 Å². The van der Waals surface area contributed by atoms with E-state index in [9.17, 15) is 19.5 Å². The number of aryl methyl sites for hydroxylation is 1. The lowest BCUT2D eigenvalue weighted by atomic mass is 9.94. The predicted octanol–water partition coefficient (Wildman–Crippen LogP) is 3.41. The van der Waals surface area contributed by atoms with Gasteiger partial charge in [-0.25, -0.2) is 4.79 Å². The van der Waals surface area contributed by atoms with Gasteiger partial charge in [-0.05, 0) is 42.8 Å². The molecule has 0 spiro atoms. The molecule has 1 fully saturated rings. The Morgan fingerprint density at radius 2 is 1.63 bits per heavy atom. The van der Waals surface area contributed by atoms with Gasteiger partial charge in [0.25, 0.3) is 5.78 Å². The van der Waals surface area contributed by atoms with Crippen molar-refractivity contribution in [1.82, 2.24) is 5.16 Å². The van der Waals surface area contributed by atoms with Crippen LogP contribution in [0.15, 0.2) is 58.6 Å². The van der Waals surface area contributed by atoms with Crippen LogP contribution in [0.5, 0.6) is 11.5 Å². The van der Waals surface area contributed by atoms with Crippen molar-refractivity contribution in [3.05, 3.63) is 76.6 Å². The van der Waals surface area contributed by atoms with Gasteiger partial charge in [-0.3, -0.25) is 14.5 Å². The molecule has 2 aromatic carbocycles. The molecule has 1 aliphatic rings. The number of esters is 1. The molecule has 35 heavy (non-hydrogen) atoms. The van der Waals surface area contributed by atoms with Gasteiger partial charge in [0.2, 0.25) is 0 Å². The zero-order valence-electron chi connectivity index (χ0n) is 19.4. The Hall–Kier alpha value is -4.60. The fraction of sp³-hybridized carbons (Fsp3) is 0.200. The molecular weight excluding hydrogens is 456 g/mol. The van der Waals surface area contributed by atoms with E-state index in [1.54, 1.807) is 31.2 Å². The van der Waals surface area contributed by atoms with Crippen LogP contribution >= 0.6 is 0 Å². The van der Waals surface area contributed by atoms with E-state index in [1.165, 1.54) is 45.6 Å². The van der Waals surface area contributed by atoms with Gasteiger partial charge in [-0.1, -0.05) is 17.3 Å². The molecule has 2 heterocycles. The van der Waals surface area contributed by atoms with Crippen molar-refractivity contribution in [3.63, 3.8) is 0 Å². The van der Waals surface area contributed by atoms with Crippen LogP contribution in [0.3, 0.4) is 0 Å². The molecule has 0 radical (unpaired) electrons. The van der Waals surface area contributed by atoms with Crippen LogP contribution in [0, 0.1) is 6.92 Å². The second-order valence-electron chi connectivity index (χ2n) is 7.65. The summed E-state index contributed by atoms with van der Waals surface area (Å²) in [6.07, 6.45) is 0. The molecule has 1 amide bonds. The van der Waals surface area contributed by atoms with Crippen LogP contribution in [0.2, 0.25) is 0 Å². The third-order valence-corrected chi connectivity index (χ3v) is 5.61. The first kappa shape index (κ1) is 23.6. The number of aliphatic hydroxyl groups excluding tert-OH is 1. The second-order valence-corrected chi connectivity index (χ2v) is 7.65. The van der Waals surface area contributed by atoms with E-state index in [0.29, 0.717) is 22.8 Å². The maximum atomic E-state index is 13.2. The molecule has 0 aliphatic carbocycles. The highest BCUT2D eigenvalue weighted by molar-refractivity contribution is 6.51. The van der Waals surface area contributed by atoms with Crippen LogP contribution in [0.4, 0.5) is 5.82 Å². The van der Waals surface area contributed by atoms with E-state index in [-0.39, 0.29) is 22.5 Å². The molecule has 4 rings (SSSR count). The quantitative estimate of drug-likeness (QED) is 0.245. The van der Waals surface area contributed by atoms with Crippen LogP contribution in [0.1, 0.15) is 33.3 Å². The third kappa shape index (κ3) is 4.10. The van der Waals surface area contributed by atoms with E-state index < -0.39 is 29.5 Å².